The van der Waals surface area contributed by atoms with Crippen LogP contribution in [0.3, 0.4) is 0 Å². The van der Waals surface area contributed by atoms with E-state index in [1.807, 2.05) is 0 Å². The number of aromatic nitrogens is 2. The lowest BCUT2D eigenvalue weighted by atomic mass is 10.2. The van der Waals surface area contributed by atoms with Crippen LogP contribution >= 0.6 is 11.8 Å². The predicted octanol–water partition coefficient (Wildman–Crippen LogP) is 1.86. The zero-order valence-corrected chi connectivity index (χ0v) is 9.93. The molecular formula is C11H9FN4OS. The van der Waals surface area contributed by atoms with Crippen LogP contribution in [0.15, 0.2) is 51.9 Å². The second-order valence-corrected chi connectivity index (χ2v) is 4.24. The van der Waals surface area contributed by atoms with Crippen molar-refractivity contribution in [3.05, 3.63) is 48.0 Å². The Kier molecular flexibility index (Phi) is 3.73. The van der Waals surface area contributed by atoms with Crippen molar-refractivity contribution in [2.75, 3.05) is 0 Å². The Morgan fingerprint density at radius 2 is 2.00 bits per heavy atom. The molecule has 2 aromatic rings. The van der Waals surface area contributed by atoms with E-state index in [9.17, 15) is 4.39 Å². The summed E-state index contributed by atoms with van der Waals surface area (Å²) >= 11 is 1.14. The van der Waals surface area contributed by atoms with E-state index in [0.717, 1.165) is 11.8 Å². The lowest BCUT2D eigenvalue weighted by Crippen LogP contribution is -2.16. The second-order valence-electron chi connectivity index (χ2n) is 3.23. The highest BCUT2D eigenvalue weighted by Crippen LogP contribution is 2.28. The molecule has 2 rings (SSSR count). The van der Waals surface area contributed by atoms with Gasteiger partial charge in [0.15, 0.2) is 11.0 Å². The van der Waals surface area contributed by atoms with Gasteiger partial charge in [0.05, 0.1) is 5.56 Å². The largest absolute Gasteiger partial charge is 0.409 e. The molecule has 0 saturated heterocycles. The van der Waals surface area contributed by atoms with Crippen molar-refractivity contribution in [2.24, 2.45) is 10.9 Å². The number of nitrogens with two attached hydrogens (primary N) is 1. The Morgan fingerprint density at radius 1 is 1.28 bits per heavy atom. The van der Waals surface area contributed by atoms with Crippen LogP contribution in [0.25, 0.3) is 0 Å². The predicted molar refractivity (Wildman–Crippen MR) is 65.1 cm³/mol. The number of hydrogen-bond donors (Lipinski definition) is 2. The first-order chi connectivity index (χ1) is 8.72. The van der Waals surface area contributed by atoms with Crippen molar-refractivity contribution in [3.8, 4) is 0 Å². The molecule has 0 bridgehead atoms. The minimum absolute atomic E-state index is 0.0393. The minimum atomic E-state index is -0.564. The third-order valence-corrected chi connectivity index (χ3v) is 3.04. The maximum absolute atomic E-state index is 13.7. The van der Waals surface area contributed by atoms with Gasteiger partial charge in [0.25, 0.3) is 0 Å². The molecule has 92 valence electrons. The van der Waals surface area contributed by atoms with Crippen molar-refractivity contribution in [2.45, 2.75) is 10.1 Å². The number of halogens is 1. The van der Waals surface area contributed by atoms with Gasteiger partial charge in [-0.1, -0.05) is 11.2 Å². The molecule has 5 nitrogen and oxygen atoms in total. The molecule has 0 unspecified atom stereocenters. The third-order valence-electron chi connectivity index (χ3n) is 2.08. The van der Waals surface area contributed by atoms with E-state index < -0.39 is 5.82 Å². The average molecular weight is 264 g/mol. The number of hydrogen-bond acceptors (Lipinski definition) is 5. The fourth-order valence-corrected chi connectivity index (χ4v) is 2.20. The summed E-state index contributed by atoms with van der Waals surface area (Å²) in [7, 11) is 0. The Hall–Kier alpha value is -2.15. The molecule has 0 amide bonds. The van der Waals surface area contributed by atoms with E-state index in [2.05, 4.69) is 15.1 Å². The van der Waals surface area contributed by atoms with E-state index in [-0.39, 0.29) is 11.4 Å². The number of benzene rings is 1. The van der Waals surface area contributed by atoms with Gasteiger partial charge in [0.2, 0.25) is 0 Å². The van der Waals surface area contributed by atoms with Gasteiger partial charge >= 0.3 is 0 Å². The Labute approximate surface area is 107 Å². The van der Waals surface area contributed by atoms with Gasteiger partial charge in [0.1, 0.15) is 5.82 Å². The summed E-state index contributed by atoms with van der Waals surface area (Å²) in [5.41, 5.74) is 5.49. The van der Waals surface area contributed by atoms with E-state index in [4.69, 9.17) is 10.9 Å². The SMILES string of the molecule is NC(=NO)c1c(F)cccc1Sc1ncccn1. The lowest BCUT2D eigenvalue weighted by molar-refractivity contribution is 0.318. The molecule has 1 aromatic carbocycles. The lowest BCUT2D eigenvalue weighted by Gasteiger charge is -2.07. The first-order valence-corrected chi connectivity index (χ1v) is 5.75. The Morgan fingerprint density at radius 3 is 2.67 bits per heavy atom. The van der Waals surface area contributed by atoms with Crippen LogP contribution in [0.4, 0.5) is 4.39 Å². The molecule has 1 aromatic heterocycles. The smallest absolute Gasteiger partial charge is 0.192 e. The molecule has 0 spiro atoms. The average Bonchev–Trinajstić information content (AvgIpc) is 2.39. The topological polar surface area (TPSA) is 84.4 Å². The van der Waals surface area contributed by atoms with Gasteiger partial charge < -0.3 is 10.9 Å². The summed E-state index contributed by atoms with van der Waals surface area (Å²) < 4.78 is 13.7. The summed E-state index contributed by atoms with van der Waals surface area (Å²) in [5.74, 6) is -0.849. The van der Waals surface area contributed by atoms with Crippen LogP contribution in [-0.4, -0.2) is 21.0 Å². The van der Waals surface area contributed by atoms with Gasteiger partial charge in [-0.25, -0.2) is 14.4 Å². The van der Waals surface area contributed by atoms with Gasteiger partial charge in [0, 0.05) is 17.3 Å². The van der Waals surface area contributed by atoms with E-state index in [1.165, 1.54) is 12.1 Å². The van der Waals surface area contributed by atoms with E-state index in [0.29, 0.717) is 10.1 Å². The zero-order chi connectivity index (χ0) is 13.0. The normalized spacial score (nSPS) is 11.5. The number of amidine groups is 1. The van der Waals surface area contributed by atoms with Crippen molar-refractivity contribution < 1.29 is 9.60 Å². The monoisotopic (exact) mass is 264 g/mol. The number of rotatable bonds is 3. The highest BCUT2D eigenvalue weighted by Gasteiger charge is 2.14. The first-order valence-electron chi connectivity index (χ1n) is 4.93. The van der Waals surface area contributed by atoms with E-state index >= 15 is 0 Å². The molecule has 0 radical (unpaired) electrons. The fourth-order valence-electron chi connectivity index (χ4n) is 1.32. The number of oxime groups is 1. The maximum atomic E-state index is 13.7. The van der Waals surface area contributed by atoms with Crippen molar-refractivity contribution in [1.82, 2.24) is 9.97 Å². The summed E-state index contributed by atoms with van der Waals surface area (Å²) in [5, 5.41) is 11.9. The highest BCUT2D eigenvalue weighted by molar-refractivity contribution is 7.99. The van der Waals surface area contributed by atoms with Gasteiger partial charge in [-0.2, -0.15) is 0 Å². The minimum Gasteiger partial charge on any atom is -0.409 e. The van der Waals surface area contributed by atoms with Crippen LogP contribution in [0, 0.1) is 5.82 Å². The van der Waals surface area contributed by atoms with Crippen LogP contribution in [0.1, 0.15) is 5.56 Å². The van der Waals surface area contributed by atoms with Crippen molar-refractivity contribution in [3.63, 3.8) is 0 Å². The summed E-state index contributed by atoms with van der Waals surface area (Å²) in [6, 6.07) is 6.11. The molecule has 0 aliphatic rings. The summed E-state index contributed by atoms with van der Waals surface area (Å²) in [4.78, 5) is 8.52. The second kappa shape index (κ2) is 5.46. The molecular weight excluding hydrogens is 255 g/mol. The van der Waals surface area contributed by atoms with Crippen molar-refractivity contribution in [1.29, 1.82) is 0 Å². The fraction of sp³-hybridized carbons (Fsp3) is 0. The first kappa shape index (κ1) is 12.3. The summed E-state index contributed by atoms with van der Waals surface area (Å²) in [6.45, 7) is 0. The van der Waals surface area contributed by atoms with Gasteiger partial charge in [-0.3, -0.25) is 0 Å². The molecule has 18 heavy (non-hydrogen) atoms. The van der Waals surface area contributed by atoms with Crippen LogP contribution in [0.2, 0.25) is 0 Å². The Balaban J connectivity index is 2.42. The third kappa shape index (κ3) is 2.57. The quantitative estimate of drug-likeness (QED) is 0.290. The van der Waals surface area contributed by atoms with Crippen LogP contribution in [0.5, 0.6) is 0 Å². The molecule has 1 heterocycles. The zero-order valence-electron chi connectivity index (χ0n) is 9.12. The molecule has 0 fully saturated rings. The summed E-state index contributed by atoms with van der Waals surface area (Å²) in [6.07, 6.45) is 3.16. The Bertz CT molecular complexity index is 577. The van der Waals surface area contributed by atoms with Crippen LogP contribution < -0.4 is 5.73 Å². The molecule has 7 heteroatoms. The van der Waals surface area contributed by atoms with E-state index in [1.54, 1.807) is 24.5 Å². The highest BCUT2D eigenvalue weighted by atomic mass is 32.2. The molecule has 0 saturated carbocycles. The van der Waals surface area contributed by atoms with Gasteiger partial charge in [-0.05, 0) is 30.0 Å². The van der Waals surface area contributed by atoms with Crippen LogP contribution in [-0.2, 0) is 0 Å². The molecule has 0 atom stereocenters. The standard InChI is InChI=1S/C11H9FN4OS/c12-7-3-1-4-8(9(7)10(13)16-17)18-11-14-5-2-6-15-11/h1-6,17H,(H2,13,16). The van der Waals surface area contributed by atoms with Gasteiger partial charge in [-0.15, -0.1) is 0 Å². The maximum Gasteiger partial charge on any atom is 0.192 e. The molecule has 0 aliphatic heterocycles. The molecule has 3 N–H and O–H groups in total. The van der Waals surface area contributed by atoms with Crippen molar-refractivity contribution >= 4 is 17.6 Å². The number of nitrogens with zero attached hydrogens (tertiary/aromatic N) is 3. The molecule has 0 aliphatic carbocycles.